The number of benzene rings is 1. The zero-order valence-electron chi connectivity index (χ0n) is 10.9. The number of nitrogens with zero attached hydrogens (tertiary/aromatic N) is 1. The van der Waals surface area contributed by atoms with Gasteiger partial charge in [-0.15, -0.1) is 0 Å². The third kappa shape index (κ3) is 4.66. The number of nitro benzene ring substituents is 1. The van der Waals surface area contributed by atoms with Gasteiger partial charge in [-0.3, -0.25) is 14.9 Å². The Morgan fingerprint density at radius 2 is 2.14 bits per heavy atom. The van der Waals surface area contributed by atoms with Gasteiger partial charge in [0.1, 0.15) is 4.90 Å². The van der Waals surface area contributed by atoms with Crippen molar-refractivity contribution in [1.29, 1.82) is 0 Å². The first kappa shape index (κ1) is 17.3. The minimum absolute atomic E-state index is 0.182. The Balaban J connectivity index is 3.15. The topological polar surface area (TPSA) is 127 Å². The number of carboxylic acid groups (broad SMARTS) is 1. The van der Waals surface area contributed by atoms with Crippen molar-refractivity contribution in [1.82, 2.24) is 4.72 Å². The molecule has 0 radical (unpaired) electrons. The SMILES string of the molecule is CCC(CC(=O)O)NS(=O)(=O)c1cc([N+](=O)[O-])ccc1Cl. The molecule has 0 heterocycles. The molecule has 21 heavy (non-hydrogen) atoms. The van der Waals surface area contributed by atoms with E-state index in [0.29, 0.717) is 0 Å². The number of carbonyl (C=O) groups is 1. The summed E-state index contributed by atoms with van der Waals surface area (Å²) in [4.78, 5) is 20.1. The molecule has 0 aromatic heterocycles. The molecule has 1 aromatic rings. The van der Waals surface area contributed by atoms with Crippen molar-refractivity contribution in [2.24, 2.45) is 0 Å². The van der Waals surface area contributed by atoms with Gasteiger partial charge in [-0.1, -0.05) is 18.5 Å². The normalized spacial score (nSPS) is 12.9. The minimum atomic E-state index is -4.15. The van der Waals surface area contributed by atoms with Gasteiger partial charge in [0.25, 0.3) is 5.69 Å². The summed E-state index contributed by atoms with van der Waals surface area (Å²) < 4.78 is 26.5. The van der Waals surface area contributed by atoms with Crippen molar-refractivity contribution in [3.05, 3.63) is 33.3 Å². The standard InChI is InChI=1S/C11H13ClN2O6S/c1-2-7(5-11(15)16)13-21(19,20)10-6-8(14(17)18)3-4-9(10)12/h3-4,6-7,13H,2,5H2,1H3,(H,15,16). The Kier molecular flexibility index (Phi) is 5.64. The molecule has 0 amide bonds. The lowest BCUT2D eigenvalue weighted by Crippen LogP contribution is -2.36. The second-order valence-corrected chi connectivity index (χ2v) is 6.29. The number of aliphatic carboxylic acids is 1. The van der Waals surface area contributed by atoms with Crippen molar-refractivity contribution in [2.75, 3.05) is 0 Å². The van der Waals surface area contributed by atoms with Gasteiger partial charge in [-0.05, 0) is 12.5 Å². The average molecular weight is 337 g/mol. The highest BCUT2D eigenvalue weighted by atomic mass is 35.5. The van der Waals surface area contributed by atoms with E-state index < -0.39 is 44.0 Å². The number of nitrogens with one attached hydrogen (secondary N) is 1. The lowest BCUT2D eigenvalue weighted by molar-refractivity contribution is -0.385. The lowest BCUT2D eigenvalue weighted by Gasteiger charge is -2.15. The largest absolute Gasteiger partial charge is 0.481 e. The summed E-state index contributed by atoms with van der Waals surface area (Å²) in [7, 11) is -4.15. The number of carboxylic acids is 1. The van der Waals surface area contributed by atoms with Crippen LogP contribution in [-0.4, -0.2) is 30.5 Å². The van der Waals surface area contributed by atoms with E-state index in [-0.39, 0.29) is 11.4 Å². The Morgan fingerprint density at radius 1 is 1.52 bits per heavy atom. The molecule has 1 aromatic carbocycles. The van der Waals surface area contributed by atoms with E-state index in [2.05, 4.69) is 4.72 Å². The Labute approximate surface area is 125 Å². The predicted molar refractivity (Wildman–Crippen MR) is 74.8 cm³/mol. The highest BCUT2D eigenvalue weighted by Crippen LogP contribution is 2.26. The van der Waals surface area contributed by atoms with Crippen LogP contribution in [-0.2, 0) is 14.8 Å². The van der Waals surface area contributed by atoms with Crippen LogP contribution in [0.3, 0.4) is 0 Å². The number of hydrogen-bond acceptors (Lipinski definition) is 5. The average Bonchev–Trinajstić information content (AvgIpc) is 2.36. The zero-order valence-corrected chi connectivity index (χ0v) is 12.5. The van der Waals surface area contributed by atoms with Crippen LogP contribution >= 0.6 is 11.6 Å². The summed E-state index contributed by atoms with van der Waals surface area (Å²) >= 11 is 5.76. The van der Waals surface area contributed by atoms with Crippen molar-refractivity contribution in [3.8, 4) is 0 Å². The highest BCUT2D eigenvalue weighted by molar-refractivity contribution is 7.89. The van der Waals surface area contributed by atoms with Gasteiger partial charge < -0.3 is 5.11 Å². The zero-order chi connectivity index (χ0) is 16.2. The second kappa shape index (κ2) is 6.83. The van der Waals surface area contributed by atoms with Crippen LogP contribution < -0.4 is 4.72 Å². The maximum atomic E-state index is 12.2. The summed E-state index contributed by atoms with van der Waals surface area (Å²) in [5.74, 6) is -1.16. The highest BCUT2D eigenvalue weighted by Gasteiger charge is 2.25. The van der Waals surface area contributed by atoms with Crippen LogP contribution in [0.4, 0.5) is 5.69 Å². The first-order valence-electron chi connectivity index (χ1n) is 5.85. The fourth-order valence-electron chi connectivity index (χ4n) is 1.57. The summed E-state index contributed by atoms with van der Waals surface area (Å²) in [6.45, 7) is 1.62. The molecule has 0 spiro atoms. The third-order valence-corrected chi connectivity index (χ3v) is 4.65. The molecule has 10 heteroatoms. The van der Waals surface area contributed by atoms with Gasteiger partial charge in [0.2, 0.25) is 10.0 Å². The molecule has 8 nitrogen and oxygen atoms in total. The van der Waals surface area contributed by atoms with Gasteiger partial charge >= 0.3 is 5.97 Å². The molecule has 0 saturated heterocycles. The first-order chi connectivity index (χ1) is 9.67. The Hall–Kier alpha value is -1.71. The van der Waals surface area contributed by atoms with Crippen LogP contribution in [0.25, 0.3) is 0 Å². The van der Waals surface area contributed by atoms with Crippen LogP contribution in [0, 0.1) is 10.1 Å². The van der Waals surface area contributed by atoms with Gasteiger partial charge in [0.05, 0.1) is 16.4 Å². The number of sulfonamides is 1. The molecule has 0 aliphatic rings. The van der Waals surface area contributed by atoms with Gasteiger partial charge in [0, 0.05) is 18.2 Å². The maximum absolute atomic E-state index is 12.2. The summed E-state index contributed by atoms with van der Waals surface area (Å²) in [6, 6.07) is 2.18. The molecule has 0 bridgehead atoms. The first-order valence-corrected chi connectivity index (χ1v) is 7.71. The molecule has 0 fully saturated rings. The second-order valence-electron chi connectivity index (χ2n) is 4.20. The molecule has 1 unspecified atom stereocenters. The molecule has 116 valence electrons. The van der Waals surface area contributed by atoms with E-state index in [0.717, 1.165) is 18.2 Å². The smallest absolute Gasteiger partial charge is 0.304 e. The molecule has 0 aliphatic heterocycles. The molecule has 0 aliphatic carbocycles. The predicted octanol–water partition coefficient (Wildman–Crippen LogP) is 1.78. The molecule has 1 atom stereocenters. The van der Waals surface area contributed by atoms with Crippen molar-refractivity contribution >= 4 is 33.3 Å². The van der Waals surface area contributed by atoms with E-state index >= 15 is 0 Å². The van der Waals surface area contributed by atoms with E-state index in [1.807, 2.05) is 0 Å². The third-order valence-electron chi connectivity index (χ3n) is 2.65. The minimum Gasteiger partial charge on any atom is -0.481 e. The molecule has 1 rings (SSSR count). The van der Waals surface area contributed by atoms with Crippen LogP contribution in [0.2, 0.25) is 5.02 Å². The van der Waals surface area contributed by atoms with Crippen LogP contribution in [0.5, 0.6) is 0 Å². The number of nitro groups is 1. The summed E-state index contributed by atoms with van der Waals surface area (Å²) in [5, 5.41) is 19.2. The number of rotatable bonds is 7. The molecule has 0 saturated carbocycles. The lowest BCUT2D eigenvalue weighted by atomic mass is 10.2. The van der Waals surface area contributed by atoms with Gasteiger partial charge in [-0.2, -0.15) is 0 Å². The monoisotopic (exact) mass is 336 g/mol. The Bertz CT molecular complexity index is 661. The number of non-ortho nitro benzene ring substituents is 1. The fraction of sp³-hybridized carbons (Fsp3) is 0.364. The quantitative estimate of drug-likeness (QED) is 0.577. The number of hydrogen-bond donors (Lipinski definition) is 2. The van der Waals surface area contributed by atoms with Crippen molar-refractivity contribution in [3.63, 3.8) is 0 Å². The molecular weight excluding hydrogens is 324 g/mol. The maximum Gasteiger partial charge on any atom is 0.304 e. The summed E-state index contributed by atoms with van der Waals surface area (Å²) in [6.07, 6.45) is -0.152. The van der Waals surface area contributed by atoms with Gasteiger partial charge in [0.15, 0.2) is 0 Å². The fourth-order valence-corrected chi connectivity index (χ4v) is 3.41. The summed E-state index contributed by atoms with van der Waals surface area (Å²) in [5.41, 5.74) is -0.425. The van der Waals surface area contributed by atoms with E-state index in [9.17, 15) is 23.3 Å². The number of halogens is 1. The van der Waals surface area contributed by atoms with Crippen molar-refractivity contribution in [2.45, 2.75) is 30.7 Å². The molecular formula is C11H13ClN2O6S. The van der Waals surface area contributed by atoms with E-state index in [1.165, 1.54) is 0 Å². The van der Waals surface area contributed by atoms with E-state index in [4.69, 9.17) is 16.7 Å². The van der Waals surface area contributed by atoms with Crippen molar-refractivity contribution < 1.29 is 23.2 Å². The van der Waals surface area contributed by atoms with Crippen LogP contribution in [0.1, 0.15) is 19.8 Å². The van der Waals surface area contributed by atoms with Crippen LogP contribution in [0.15, 0.2) is 23.1 Å². The Morgan fingerprint density at radius 3 is 2.62 bits per heavy atom. The molecule has 2 N–H and O–H groups in total. The van der Waals surface area contributed by atoms with Gasteiger partial charge in [-0.25, -0.2) is 13.1 Å². The van der Waals surface area contributed by atoms with E-state index in [1.54, 1.807) is 6.92 Å².